The normalized spacial score (nSPS) is 11.5. The van der Waals surface area contributed by atoms with Crippen molar-refractivity contribution in [2.24, 2.45) is 0 Å². The third-order valence-corrected chi connectivity index (χ3v) is 4.73. The van der Waals surface area contributed by atoms with Crippen LogP contribution >= 0.6 is 0 Å². The molecule has 0 saturated heterocycles. The molecular weight excluding hydrogens is 393 g/mol. The fraction of sp³-hybridized carbons (Fsp3) is 0.261. The zero-order valence-corrected chi connectivity index (χ0v) is 16.8. The Bertz CT molecular complexity index is 962. The number of rotatable bonds is 8. The van der Waals surface area contributed by atoms with Crippen LogP contribution in [-0.4, -0.2) is 24.1 Å². The molecule has 0 aliphatic heterocycles. The maximum Gasteiger partial charge on any atom is 0.416 e. The number of alkyl halides is 3. The average molecular weight is 416 g/mol. The van der Waals surface area contributed by atoms with Gasteiger partial charge in [-0.05, 0) is 47.0 Å². The zero-order chi connectivity index (χ0) is 21.6. The maximum absolute atomic E-state index is 13.5. The first-order chi connectivity index (χ1) is 14.4. The van der Waals surface area contributed by atoms with E-state index in [4.69, 9.17) is 9.47 Å². The highest BCUT2D eigenvalue weighted by molar-refractivity contribution is 5.43. The van der Waals surface area contributed by atoms with E-state index in [1.165, 1.54) is 12.1 Å². The lowest BCUT2D eigenvalue weighted by Crippen LogP contribution is -2.24. The molecule has 3 aromatic rings. The molecule has 1 heterocycles. The Balaban J connectivity index is 1.90. The molecule has 158 valence electrons. The largest absolute Gasteiger partial charge is 0.493 e. The van der Waals surface area contributed by atoms with Gasteiger partial charge in [0.15, 0.2) is 11.5 Å². The van der Waals surface area contributed by atoms with Gasteiger partial charge in [0.05, 0.1) is 19.8 Å². The van der Waals surface area contributed by atoms with E-state index in [-0.39, 0.29) is 12.1 Å². The molecule has 0 atom stereocenters. The van der Waals surface area contributed by atoms with Crippen molar-refractivity contribution in [3.8, 4) is 11.5 Å². The highest BCUT2D eigenvalue weighted by Crippen LogP contribution is 2.33. The van der Waals surface area contributed by atoms with Crippen molar-refractivity contribution in [2.75, 3.05) is 14.2 Å². The van der Waals surface area contributed by atoms with Gasteiger partial charge in [-0.1, -0.05) is 24.3 Å². The fourth-order valence-electron chi connectivity index (χ4n) is 3.33. The molecular formula is C23H23F3N2O2. The van der Waals surface area contributed by atoms with Crippen molar-refractivity contribution in [1.82, 2.24) is 9.88 Å². The van der Waals surface area contributed by atoms with Crippen molar-refractivity contribution in [1.29, 1.82) is 0 Å². The molecule has 30 heavy (non-hydrogen) atoms. The summed E-state index contributed by atoms with van der Waals surface area (Å²) in [7, 11) is 3.11. The van der Waals surface area contributed by atoms with Gasteiger partial charge >= 0.3 is 6.18 Å². The van der Waals surface area contributed by atoms with E-state index in [9.17, 15) is 13.2 Å². The number of ether oxygens (including phenoxy) is 2. The van der Waals surface area contributed by atoms with E-state index in [1.54, 1.807) is 38.7 Å². The van der Waals surface area contributed by atoms with Gasteiger partial charge in [0.2, 0.25) is 0 Å². The van der Waals surface area contributed by atoms with Crippen LogP contribution in [0.2, 0.25) is 0 Å². The lowest BCUT2D eigenvalue weighted by molar-refractivity contribution is -0.138. The van der Waals surface area contributed by atoms with E-state index in [1.807, 2.05) is 29.2 Å². The highest BCUT2D eigenvalue weighted by atomic mass is 19.4. The Morgan fingerprint density at radius 2 is 1.47 bits per heavy atom. The highest BCUT2D eigenvalue weighted by Gasteiger charge is 2.33. The third-order valence-electron chi connectivity index (χ3n) is 4.73. The molecule has 0 fully saturated rings. The summed E-state index contributed by atoms with van der Waals surface area (Å²) in [6.07, 6.45) is -1.05. The van der Waals surface area contributed by atoms with E-state index in [2.05, 4.69) is 4.98 Å². The van der Waals surface area contributed by atoms with Crippen LogP contribution < -0.4 is 9.47 Å². The zero-order valence-electron chi connectivity index (χ0n) is 16.8. The molecule has 0 radical (unpaired) electrons. The van der Waals surface area contributed by atoms with Gasteiger partial charge in [-0.25, -0.2) is 0 Å². The van der Waals surface area contributed by atoms with Gasteiger partial charge in [-0.15, -0.1) is 0 Å². The topological polar surface area (TPSA) is 34.6 Å². The first-order valence-corrected chi connectivity index (χ1v) is 9.38. The number of hydrogen-bond donors (Lipinski definition) is 0. The quantitative estimate of drug-likeness (QED) is 0.498. The van der Waals surface area contributed by atoms with Crippen LogP contribution in [-0.2, 0) is 25.8 Å². The van der Waals surface area contributed by atoms with Crippen molar-refractivity contribution in [3.05, 3.63) is 89.2 Å². The minimum absolute atomic E-state index is 0.145. The van der Waals surface area contributed by atoms with Crippen molar-refractivity contribution in [2.45, 2.75) is 25.8 Å². The van der Waals surface area contributed by atoms with E-state index >= 15 is 0 Å². The smallest absolute Gasteiger partial charge is 0.416 e. The monoisotopic (exact) mass is 416 g/mol. The molecule has 7 heteroatoms. The Labute approximate surface area is 173 Å². The lowest BCUT2D eigenvalue weighted by Gasteiger charge is -2.25. The molecule has 0 spiro atoms. The summed E-state index contributed by atoms with van der Waals surface area (Å²) in [6.45, 7) is 1.06. The SMILES string of the molecule is COc1ccc(CN(Cc2ccncc2)Cc2ccccc2C(F)(F)F)cc1OC. The molecule has 1 aromatic heterocycles. The first-order valence-electron chi connectivity index (χ1n) is 9.38. The minimum Gasteiger partial charge on any atom is -0.493 e. The molecule has 0 bridgehead atoms. The number of hydrogen-bond acceptors (Lipinski definition) is 4. The molecule has 0 saturated carbocycles. The van der Waals surface area contributed by atoms with Crippen molar-refractivity contribution < 1.29 is 22.6 Å². The number of nitrogens with zero attached hydrogens (tertiary/aromatic N) is 2. The maximum atomic E-state index is 13.5. The van der Waals surface area contributed by atoms with E-state index < -0.39 is 11.7 Å². The molecule has 0 amide bonds. The van der Waals surface area contributed by atoms with Crippen molar-refractivity contribution in [3.63, 3.8) is 0 Å². The van der Waals surface area contributed by atoms with Crippen LogP contribution in [0.25, 0.3) is 0 Å². The van der Waals surface area contributed by atoms with Crippen LogP contribution in [0.15, 0.2) is 67.0 Å². The summed E-state index contributed by atoms with van der Waals surface area (Å²) in [4.78, 5) is 5.97. The van der Waals surface area contributed by atoms with Gasteiger partial charge in [0, 0.05) is 32.0 Å². The predicted molar refractivity (Wildman–Crippen MR) is 108 cm³/mol. The van der Waals surface area contributed by atoms with Gasteiger partial charge in [0.1, 0.15) is 0 Å². The molecule has 0 aliphatic carbocycles. The van der Waals surface area contributed by atoms with E-state index in [0.29, 0.717) is 24.6 Å². The van der Waals surface area contributed by atoms with Crippen molar-refractivity contribution >= 4 is 0 Å². The Morgan fingerprint density at radius 3 is 2.13 bits per heavy atom. The molecule has 0 N–H and O–H groups in total. The van der Waals surface area contributed by atoms with Crippen LogP contribution in [0.3, 0.4) is 0 Å². The van der Waals surface area contributed by atoms with Crippen LogP contribution in [0.4, 0.5) is 13.2 Å². The number of benzene rings is 2. The summed E-state index contributed by atoms with van der Waals surface area (Å²) < 4.78 is 51.1. The second-order valence-electron chi connectivity index (χ2n) is 6.84. The standard InChI is InChI=1S/C23H23F3N2O2/c1-29-21-8-7-18(13-22(21)30-2)15-28(14-17-9-11-27-12-10-17)16-19-5-3-4-6-20(19)23(24,25)26/h3-13H,14-16H2,1-2H3. The third kappa shape index (κ3) is 5.51. The number of halogens is 3. The van der Waals surface area contributed by atoms with Gasteiger partial charge < -0.3 is 9.47 Å². The fourth-order valence-corrected chi connectivity index (χ4v) is 3.33. The number of aromatic nitrogens is 1. The minimum atomic E-state index is -4.40. The Morgan fingerprint density at radius 1 is 0.800 bits per heavy atom. The summed E-state index contributed by atoms with van der Waals surface area (Å²) >= 11 is 0. The molecule has 3 rings (SSSR count). The molecule has 0 aliphatic rings. The average Bonchev–Trinajstić information content (AvgIpc) is 2.74. The predicted octanol–water partition coefficient (Wildman–Crippen LogP) is 5.32. The van der Waals surface area contributed by atoms with Gasteiger partial charge in [-0.2, -0.15) is 13.2 Å². The van der Waals surface area contributed by atoms with Gasteiger partial charge in [-0.3, -0.25) is 9.88 Å². The summed E-state index contributed by atoms with van der Waals surface area (Å²) in [5.41, 5.74) is 1.50. The Hall–Kier alpha value is -3.06. The summed E-state index contributed by atoms with van der Waals surface area (Å²) in [5.74, 6) is 1.18. The molecule has 2 aromatic carbocycles. The number of pyridine rings is 1. The molecule has 0 unspecified atom stereocenters. The van der Waals surface area contributed by atoms with Crippen LogP contribution in [0.1, 0.15) is 22.3 Å². The lowest BCUT2D eigenvalue weighted by atomic mass is 10.1. The van der Waals surface area contributed by atoms with Gasteiger partial charge in [0.25, 0.3) is 0 Å². The first kappa shape index (κ1) is 21.6. The number of methoxy groups -OCH3 is 2. The second kappa shape index (κ2) is 9.63. The Kier molecular flexibility index (Phi) is 6.95. The van der Waals surface area contributed by atoms with Crippen LogP contribution in [0, 0.1) is 0 Å². The van der Waals surface area contributed by atoms with Crippen LogP contribution in [0.5, 0.6) is 11.5 Å². The van der Waals surface area contributed by atoms with E-state index in [0.717, 1.165) is 17.2 Å². The second-order valence-corrected chi connectivity index (χ2v) is 6.84. The summed E-state index contributed by atoms with van der Waals surface area (Å²) in [6, 6.07) is 14.9. The molecule has 4 nitrogen and oxygen atoms in total. The summed E-state index contributed by atoms with van der Waals surface area (Å²) in [5, 5.41) is 0.